The zero-order valence-electron chi connectivity index (χ0n) is 13.5. The van der Waals surface area contributed by atoms with E-state index in [2.05, 4.69) is 5.32 Å². The number of carbonyl (C=O) groups excluding carboxylic acids is 1. The number of ether oxygens (including phenoxy) is 1. The van der Waals surface area contributed by atoms with Crippen molar-refractivity contribution in [3.63, 3.8) is 0 Å². The summed E-state index contributed by atoms with van der Waals surface area (Å²) in [6, 6.07) is 3.81. The van der Waals surface area contributed by atoms with E-state index in [1.165, 1.54) is 22.5 Å². The van der Waals surface area contributed by atoms with E-state index in [0.717, 1.165) is 12.8 Å². The fraction of sp³-hybridized carbons (Fsp3) is 0.533. The smallest absolute Gasteiger partial charge is 0.412 e. The van der Waals surface area contributed by atoms with Gasteiger partial charge in [0.15, 0.2) is 0 Å². The van der Waals surface area contributed by atoms with Crippen LogP contribution in [0.1, 0.15) is 33.6 Å². The van der Waals surface area contributed by atoms with Gasteiger partial charge in [-0.05, 0) is 51.8 Å². The molecule has 1 amide bonds. The molecule has 0 aliphatic carbocycles. The van der Waals surface area contributed by atoms with Crippen LogP contribution < -0.4 is 5.32 Å². The highest BCUT2D eigenvalue weighted by molar-refractivity contribution is 7.89. The molecule has 0 radical (unpaired) electrons. The number of nitrogens with one attached hydrogen (secondary N) is 1. The zero-order valence-corrected chi connectivity index (χ0v) is 14.3. The quantitative estimate of drug-likeness (QED) is 0.823. The number of carbonyl (C=O) groups is 1. The Labute approximate surface area is 136 Å². The number of nitrogens with zero attached hydrogens (tertiary/aromatic N) is 1. The van der Waals surface area contributed by atoms with E-state index in [1.54, 1.807) is 20.8 Å². The summed E-state index contributed by atoms with van der Waals surface area (Å²) < 4.78 is 31.5. The zero-order chi connectivity index (χ0) is 17.3. The molecule has 0 bridgehead atoms. The van der Waals surface area contributed by atoms with Crippen LogP contribution in [0, 0.1) is 0 Å². The Morgan fingerprint density at radius 2 is 1.87 bits per heavy atom. The second kappa shape index (κ2) is 6.37. The standard InChI is InChI=1S/C15H22N2O5S/c1-15(2,3)22-14(19)16-12-10-11(6-7-13(12)18)23(20,21)17-8-4-5-9-17/h6-7,10,18H,4-5,8-9H2,1-3H3,(H,16,19). The Kier molecular flexibility index (Phi) is 4.86. The number of benzene rings is 1. The number of amides is 1. The Morgan fingerprint density at radius 1 is 1.26 bits per heavy atom. The molecule has 1 aromatic carbocycles. The third-order valence-electron chi connectivity index (χ3n) is 3.31. The Morgan fingerprint density at radius 3 is 2.43 bits per heavy atom. The minimum Gasteiger partial charge on any atom is -0.506 e. The van der Waals surface area contributed by atoms with Crippen LogP contribution in [-0.4, -0.2) is 42.6 Å². The summed E-state index contributed by atoms with van der Waals surface area (Å²) in [6.45, 7) is 6.10. The molecule has 2 N–H and O–H groups in total. The number of sulfonamides is 1. The maximum Gasteiger partial charge on any atom is 0.412 e. The van der Waals surface area contributed by atoms with Crippen LogP contribution in [0.25, 0.3) is 0 Å². The van der Waals surface area contributed by atoms with E-state index >= 15 is 0 Å². The van der Waals surface area contributed by atoms with Crippen molar-refractivity contribution >= 4 is 21.8 Å². The lowest BCUT2D eigenvalue weighted by molar-refractivity contribution is 0.0635. The monoisotopic (exact) mass is 342 g/mol. The second-order valence-corrected chi connectivity index (χ2v) is 8.35. The third-order valence-corrected chi connectivity index (χ3v) is 5.20. The van der Waals surface area contributed by atoms with E-state index in [-0.39, 0.29) is 16.3 Å². The fourth-order valence-electron chi connectivity index (χ4n) is 2.27. The number of hydrogen-bond donors (Lipinski definition) is 2. The number of phenolic OH excluding ortho intramolecular Hbond substituents is 1. The fourth-order valence-corrected chi connectivity index (χ4v) is 3.81. The molecule has 0 atom stereocenters. The summed E-state index contributed by atoms with van der Waals surface area (Å²) in [6.07, 6.45) is 0.907. The van der Waals surface area contributed by atoms with Gasteiger partial charge < -0.3 is 9.84 Å². The number of hydrogen-bond acceptors (Lipinski definition) is 5. The van der Waals surface area contributed by atoms with Gasteiger partial charge in [-0.2, -0.15) is 4.31 Å². The first-order chi connectivity index (χ1) is 10.6. The van der Waals surface area contributed by atoms with Crippen molar-refractivity contribution in [2.45, 2.75) is 44.1 Å². The summed E-state index contributed by atoms with van der Waals surface area (Å²) >= 11 is 0. The van der Waals surface area contributed by atoms with E-state index in [4.69, 9.17) is 4.74 Å². The topological polar surface area (TPSA) is 95.9 Å². The highest BCUT2D eigenvalue weighted by atomic mass is 32.2. The van der Waals surface area contributed by atoms with Crippen molar-refractivity contribution in [2.75, 3.05) is 18.4 Å². The van der Waals surface area contributed by atoms with Crippen molar-refractivity contribution in [2.24, 2.45) is 0 Å². The number of aromatic hydroxyl groups is 1. The first-order valence-electron chi connectivity index (χ1n) is 7.43. The number of anilines is 1. The molecule has 1 heterocycles. The lowest BCUT2D eigenvalue weighted by atomic mass is 10.2. The number of phenols is 1. The molecule has 1 aromatic rings. The Balaban J connectivity index is 2.24. The molecule has 0 aromatic heterocycles. The van der Waals surface area contributed by atoms with Crippen LogP contribution in [0.15, 0.2) is 23.1 Å². The summed E-state index contributed by atoms with van der Waals surface area (Å²) in [5, 5.41) is 12.2. The molecular weight excluding hydrogens is 320 g/mol. The van der Waals surface area contributed by atoms with Gasteiger partial charge in [0, 0.05) is 13.1 Å². The maximum absolute atomic E-state index is 12.5. The van der Waals surface area contributed by atoms with Gasteiger partial charge in [0.1, 0.15) is 11.4 Å². The van der Waals surface area contributed by atoms with E-state index < -0.39 is 21.7 Å². The molecule has 1 aliphatic heterocycles. The average molecular weight is 342 g/mol. The summed E-state index contributed by atoms with van der Waals surface area (Å²) in [5.74, 6) is -0.226. The molecule has 0 saturated carbocycles. The van der Waals surface area contributed by atoms with Crippen LogP contribution in [0.3, 0.4) is 0 Å². The highest BCUT2D eigenvalue weighted by Crippen LogP contribution is 2.29. The van der Waals surface area contributed by atoms with Crippen molar-refractivity contribution in [3.05, 3.63) is 18.2 Å². The van der Waals surface area contributed by atoms with Crippen molar-refractivity contribution < 1.29 is 23.1 Å². The summed E-state index contributed by atoms with van der Waals surface area (Å²) in [5.41, 5.74) is -0.696. The van der Waals surface area contributed by atoms with Crippen LogP contribution >= 0.6 is 0 Å². The van der Waals surface area contributed by atoms with Gasteiger partial charge in [-0.1, -0.05) is 0 Å². The lowest BCUT2D eigenvalue weighted by Gasteiger charge is -2.20. The van der Waals surface area contributed by atoms with E-state index in [1.807, 2.05) is 0 Å². The molecule has 23 heavy (non-hydrogen) atoms. The highest BCUT2D eigenvalue weighted by Gasteiger charge is 2.28. The van der Waals surface area contributed by atoms with Gasteiger partial charge in [0.2, 0.25) is 10.0 Å². The van der Waals surface area contributed by atoms with Crippen LogP contribution in [-0.2, 0) is 14.8 Å². The van der Waals surface area contributed by atoms with Gasteiger partial charge in [-0.15, -0.1) is 0 Å². The van der Waals surface area contributed by atoms with Crippen molar-refractivity contribution in [3.8, 4) is 5.75 Å². The molecule has 1 fully saturated rings. The normalized spacial score (nSPS) is 16.3. The summed E-state index contributed by atoms with van der Waals surface area (Å²) in [4.78, 5) is 11.8. The molecule has 128 valence electrons. The maximum atomic E-state index is 12.5. The molecule has 1 saturated heterocycles. The van der Waals surface area contributed by atoms with Crippen molar-refractivity contribution in [1.82, 2.24) is 4.31 Å². The minimum absolute atomic E-state index is 0.000443. The molecule has 2 rings (SSSR count). The number of rotatable bonds is 3. The summed E-state index contributed by atoms with van der Waals surface area (Å²) in [7, 11) is -3.62. The molecule has 0 spiro atoms. The minimum atomic E-state index is -3.62. The molecule has 0 unspecified atom stereocenters. The molecule has 8 heteroatoms. The van der Waals surface area contributed by atoms with Gasteiger partial charge in [-0.3, -0.25) is 5.32 Å². The van der Waals surface area contributed by atoms with Crippen LogP contribution in [0.5, 0.6) is 5.75 Å². The predicted molar refractivity (Wildman–Crippen MR) is 86.0 cm³/mol. The first kappa shape index (κ1) is 17.6. The van der Waals surface area contributed by atoms with E-state index in [0.29, 0.717) is 13.1 Å². The third kappa shape index (κ3) is 4.35. The van der Waals surface area contributed by atoms with Crippen LogP contribution in [0.4, 0.5) is 10.5 Å². The SMILES string of the molecule is CC(C)(C)OC(=O)Nc1cc(S(=O)(=O)N2CCCC2)ccc1O. The first-order valence-corrected chi connectivity index (χ1v) is 8.87. The van der Waals surface area contributed by atoms with E-state index in [9.17, 15) is 18.3 Å². The Hall–Kier alpha value is -1.80. The lowest BCUT2D eigenvalue weighted by Crippen LogP contribution is -2.28. The van der Waals surface area contributed by atoms with Gasteiger partial charge in [-0.25, -0.2) is 13.2 Å². The van der Waals surface area contributed by atoms with Gasteiger partial charge in [0.05, 0.1) is 10.6 Å². The molecule has 7 nitrogen and oxygen atoms in total. The predicted octanol–water partition coefficient (Wildman–Crippen LogP) is 2.52. The van der Waals surface area contributed by atoms with Gasteiger partial charge in [0.25, 0.3) is 0 Å². The second-order valence-electron chi connectivity index (χ2n) is 6.42. The van der Waals surface area contributed by atoms with Crippen molar-refractivity contribution in [1.29, 1.82) is 0 Å². The van der Waals surface area contributed by atoms with Crippen LogP contribution in [0.2, 0.25) is 0 Å². The van der Waals surface area contributed by atoms with Gasteiger partial charge >= 0.3 is 6.09 Å². The Bertz CT molecular complexity index is 688. The molecular formula is C15H22N2O5S. The average Bonchev–Trinajstić information content (AvgIpc) is 2.93. The largest absolute Gasteiger partial charge is 0.506 e. The molecule has 1 aliphatic rings.